The Morgan fingerprint density at radius 1 is 0.881 bits per heavy atom. The van der Waals surface area contributed by atoms with Crippen LogP contribution < -0.4 is 0 Å². The lowest BCUT2D eigenvalue weighted by Crippen LogP contribution is -2.69. The van der Waals surface area contributed by atoms with Gasteiger partial charge >= 0.3 is 5.97 Å². The van der Waals surface area contributed by atoms with Gasteiger partial charge in [0, 0.05) is 11.0 Å². The summed E-state index contributed by atoms with van der Waals surface area (Å²) in [6, 6.07) is 10.1. The van der Waals surface area contributed by atoms with Gasteiger partial charge in [-0.1, -0.05) is 83.5 Å². The molecule has 5 fully saturated rings. The number of rotatable bonds is 2. The molecule has 2 N–H and O–H groups in total. The Kier molecular flexibility index (Phi) is 6.34. The highest BCUT2D eigenvalue weighted by molar-refractivity contribution is 5.76. The van der Waals surface area contributed by atoms with E-state index in [1.807, 2.05) is 30.3 Å². The number of fused-ring (bicyclic) bond motifs is 9. The van der Waals surface area contributed by atoms with Gasteiger partial charge in [0.1, 0.15) is 0 Å². The maximum atomic E-state index is 12.9. The highest BCUT2D eigenvalue weighted by atomic mass is 16.7. The predicted octanol–water partition coefficient (Wildman–Crippen LogP) is 7.94. The number of hydrogen-bond donors (Lipinski definition) is 2. The largest absolute Gasteiger partial charge is 0.481 e. The fraction of sp³-hybridized carbons (Fsp3) is 0.757. The number of carboxylic acid groups (broad SMARTS) is 1. The molecule has 0 bridgehead atoms. The van der Waals surface area contributed by atoms with Gasteiger partial charge in [-0.25, -0.2) is 0 Å². The Balaban J connectivity index is 1.24. The topological polar surface area (TPSA) is 76.0 Å². The summed E-state index contributed by atoms with van der Waals surface area (Å²) >= 11 is 0. The third-order valence-corrected chi connectivity index (χ3v) is 14.7. The van der Waals surface area contributed by atoms with Crippen LogP contribution in [0.2, 0.25) is 0 Å². The first-order valence-electron chi connectivity index (χ1n) is 16.6. The first kappa shape index (κ1) is 29.0. The summed E-state index contributed by atoms with van der Waals surface area (Å²) in [6.07, 6.45) is 9.71. The molecule has 1 aliphatic heterocycles. The molecule has 1 heterocycles. The smallest absolute Gasteiger partial charge is 0.310 e. The number of aliphatic hydroxyl groups is 1. The maximum Gasteiger partial charge on any atom is 0.310 e. The van der Waals surface area contributed by atoms with Crippen molar-refractivity contribution in [3.63, 3.8) is 0 Å². The molecule has 0 amide bonds. The SMILES string of the molecule is CC1(C)CC[C@]2(C(=O)O)CC[C@]3(C)C(=CCC4[C@@]5(C)C[C@@H](O)[C@@H]6OC(c7ccccc7)OC[C@@]6(C)C5CC[C@]43C)C2C1. The molecule has 0 aromatic heterocycles. The molecule has 5 nitrogen and oxygen atoms in total. The fourth-order valence-electron chi connectivity index (χ4n) is 12.2. The zero-order chi connectivity index (χ0) is 29.9. The molecule has 0 spiro atoms. The number of ether oxygens (including phenoxy) is 2. The van der Waals surface area contributed by atoms with Gasteiger partial charge in [0.05, 0.1) is 24.2 Å². The van der Waals surface area contributed by atoms with Crippen LogP contribution in [0.4, 0.5) is 0 Å². The van der Waals surface area contributed by atoms with Crippen LogP contribution in [0.15, 0.2) is 42.0 Å². The number of carbonyl (C=O) groups is 1. The van der Waals surface area contributed by atoms with E-state index in [1.165, 1.54) is 5.57 Å². The molecular formula is C37H52O5. The number of aliphatic hydroxyl groups excluding tert-OH is 1. The van der Waals surface area contributed by atoms with E-state index in [0.717, 1.165) is 63.4 Å². The quantitative estimate of drug-likeness (QED) is 0.350. The van der Waals surface area contributed by atoms with E-state index in [4.69, 9.17) is 9.47 Å². The molecule has 7 rings (SSSR count). The second-order valence-corrected chi connectivity index (χ2v) is 17.1. The first-order valence-corrected chi connectivity index (χ1v) is 16.6. The van der Waals surface area contributed by atoms with Crippen molar-refractivity contribution in [2.45, 2.75) is 118 Å². The van der Waals surface area contributed by atoms with E-state index >= 15 is 0 Å². The van der Waals surface area contributed by atoms with Gasteiger partial charge in [-0.05, 0) is 97.2 Å². The summed E-state index contributed by atoms with van der Waals surface area (Å²) in [4.78, 5) is 12.9. The molecule has 42 heavy (non-hydrogen) atoms. The van der Waals surface area contributed by atoms with E-state index in [2.05, 4.69) is 47.6 Å². The van der Waals surface area contributed by atoms with Crippen molar-refractivity contribution in [3.05, 3.63) is 47.5 Å². The average molecular weight is 577 g/mol. The van der Waals surface area contributed by atoms with E-state index in [1.54, 1.807) is 0 Å². The molecule has 230 valence electrons. The Bertz CT molecular complexity index is 1290. The number of benzene rings is 1. The standard InChI is InChI=1S/C37H52O5/c1-32(2)16-18-37(31(39)40)19-17-35(5)24(25(37)20-32)12-13-28-33(3)21-26(38)29-34(4,27(33)14-15-36(28,35)6)22-41-30(42-29)23-10-8-7-9-11-23/h7-12,25-30,38H,13-22H2,1-6H3,(H,39,40)/t25?,26-,27?,28?,29+,30?,33+,34+,35-,36-,37+/m1/s1. The van der Waals surface area contributed by atoms with Crippen LogP contribution in [-0.2, 0) is 14.3 Å². The molecule has 6 aliphatic rings. The lowest BCUT2D eigenvalue weighted by Gasteiger charge is -2.72. The van der Waals surface area contributed by atoms with E-state index in [9.17, 15) is 15.0 Å². The van der Waals surface area contributed by atoms with Crippen molar-refractivity contribution >= 4 is 5.97 Å². The van der Waals surface area contributed by atoms with Crippen molar-refractivity contribution in [1.29, 1.82) is 0 Å². The first-order chi connectivity index (χ1) is 19.7. The summed E-state index contributed by atoms with van der Waals surface area (Å²) in [5, 5.41) is 22.5. The number of hydrogen-bond acceptors (Lipinski definition) is 4. The number of carboxylic acids is 1. The molecule has 4 saturated carbocycles. The van der Waals surface area contributed by atoms with E-state index in [0.29, 0.717) is 18.4 Å². The Hall–Kier alpha value is -1.69. The van der Waals surface area contributed by atoms with Crippen molar-refractivity contribution in [1.82, 2.24) is 0 Å². The summed E-state index contributed by atoms with van der Waals surface area (Å²) in [7, 11) is 0. The van der Waals surface area contributed by atoms with Gasteiger partial charge in [0.25, 0.3) is 0 Å². The molecular weight excluding hydrogens is 524 g/mol. The summed E-state index contributed by atoms with van der Waals surface area (Å²) < 4.78 is 13.1. The zero-order valence-electron chi connectivity index (χ0n) is 26.6. The van der Waals surface area contributed by atoms with Gasteiger partial charge < -0.3 is 19.7 Å². The Morgan fingerprint density at radius 3 is 2.31 bits per heavy atom. The third kappa shape index (κ3) is 3.68. The lowest BCUT2D eigenvalue weighted by molar-refractivity contribution is -0.339. The highest BCUT2D eigenvalue weighted by Gasteiger charge is 2.71. The van der Waals surface area contributed by atoms with Crippen LogP contribution in [0.3, 0.4) is 0 Å². The molecule has 1 aromatic rings. The van der Waals surface area contributed by atoms with E-state index in [-0.39, 0.29) is 39.1 Å². The Morgan fingerprint density at radius 2 is 1.60 bits per heavy atom. The minimum absolute atomic E-state index is 0.0262. The average Bonchev–Trinajstić information content (AvgIpc) is 2.93. The monoisotopic (exact) mass is 576 g/mol. The molecule has 1 saturated heterocycles. The van der Waals surface area contributed by atoms with Gasteiger partial charge in [-0.3, -0.25) is 4.79 Å². The summed E-state index contributed by atoms with van der Waals surface area (Å²) in [5.74, 6) is 0.358. The minimum atomic E-state index is -0.612. The van der Waals surface area contributed by atoms with Crippen LogP contribution in [0.25, 0.3) is 0 Å². The van der Waals surface area contributed by atoms with Gasteiger partial charge in [0.15, 0.2) is 6.29 Å². The number of aliphatic carboxylic acids is 1. The molecule has 5 heteroatoms. The van der Waals surface area contributed by atoms with Gasteiger partial charge in [0.2, 0.25) is 0 Å². The van der Waals surface area contributed by atoms with Crippen molar-refractivity contribution < 1.29 is 24.5 Å². The highest BCUT2D eigenvalue weighted by Crippen LogP contribution is 2.76. The third-order valence-electron chi connectivity index (χ3n) is 14.7. The van der Waals surface area contributed by atoms with Crippen LogP contribution >= 0.6 is 0 Å². The second kappa shape index (κ2) is 9.17. The van der Waals surface area contributed by atoms with Gasteiger partial charge in [-0.15, -0.1) is 0 Å². The Labute approximate surface area is 252 Å². The molecule has 0 radical (unpaired) electrons. The van der Waals surface area contributed by atoms with Crippen LogP contribution in [0.5, 0.6) is 0 Å². The molecule has 5 aliphatic carbocycles. The predicted molar refractivity (Wildman–Crippen MR) is 162 cm³/mol. The van der Waals surface area contributed by atoms with Crippen LogP contribution in [-0.4, -0.2) is 35.0 Å². The molecule has 1 aromatic carbocycles. The number of allylic oxidation sites excluding steroid dienone is 2. The fourth-order valence-corrected chi connectivity index (χ4v) is 12.2. The lowest BCUT2D eigenvalue weighted by atomic mass is 9.33. The summed E-state index contributed by atoms with van der Waals surface area (Å²) in [5.41, 5.74) is 1.74. The van der Waals surface area contributed by atoms with Crippen molar-refractivity contribution in [2.24, 2.45) is 50.2 Å². The summed E-state index contributed by atoms with van der Waals surface area (Å²) in [6.45, 7) is 15.1. The molecule has 11 atom stereocenters. The van der Waals surface area contributed by atoms with Crippen LogP contribution in [0, 0.1) is 50.2 Å². The van der Waals surface area contributed by atoms with Gasteiger partial charge in [-0.2, -0.15) is 0 Å². The van der Waals surface area contributed by atoms with Crippen molar-refractivity contribution in [2.75, 3.05) is 6.61 Å². The second-order valence-electron chi connectivity index (χ2n) is 17.1. The minimum Gasteiger partial charge on any atom is -0.481 e. The van der Waals surface area contributed by atoms with Crippen molar-refractivity contribution in [3.8, 4) is 0 Å². The maximum absolute atomic E-state index is 12.9. The van der Waals surface area contributed by atoms with Crippen LogP contribution in [0.1, 0.15) is 111 Å². The molecule has 4 unspecified atom stereocenters. The normalized spacial score (nSPS) is 51.1. The zero-order valence-corrected chi connectivity index (χ0v) is 26.6. The van der Waals surface area contributed by atoms with E-state index < -0.39 is 23.8 Å².